The molecule has 3 aromatic rings. The summed E-state index contributed by atoms with van der Waals surface area (Å²) in [5.41, 5.74) is 4.84. The fourth-order valence-corrected chi connectivity index (χ4v) is 1.98. The van der Waals surface area contributed by atoms with Gasteiger partial charge >= 0.3 is 0 Å². The molecule has 86 valence electrons. The number of H-pyrrole nitrogens is 1. The average molecular weight is 227 g/mol. The number of hydrogen-bond acceptors (Lipinski definition) is 3. The predicted octanol–water partition coefficient (Wildman–Crippen LogP) is 3.09. The first-order chi connectivity index (χ1) is 8.29. The van der Waals surface area contributed by atoms with Crippen LogP contribution in [-0.4, -0.2) is 15.0 Å². The second-order valence-electron chi connectivity index (χ2n) is 4.06. The number of hydrogen-bond donors (Lipinski definition) is 1. The summed E-state index contributed by atoms with van der Waals surface area (Å²) in [5, 5.41) is 0. The Labute approximate surface area is 98.7 Å². The molecule has 0 bridgehead atoms. The van der Waals surface area contributed by atoms with Crippen LogP contribution in [0.3, 0.4) is 0 Å². The molecule has 0 saturated heterocycles. The van der Waals surface area contributed by atoms with Crippen LogP contribution in [0.1, 0.15) is 18.3 Å². The van der Waals surface area contributed by atoms with Crippen molar-refractivity contribution in [2.75, 3.05) is 0 Å². The maximum absolute atomic E-state index is 5.40. The zero-order chi connectivity index (χ0) is 11.8. The molecule has 0 saturated carbocycles. The van der Waals surface area contributed by atoms with Gasteiger partial charge in [0.25, 0.3) is 0 Å². The highest BCUT2D eigenvalue weighted by atomic mass is 16.3. The number of imidazole rings is 1. The molecule has 0 spiro atoms. The number of oxazole rings is 1. The van der Waals surface area contributed by atoms with E-state index in [0.717, 1.165) is 40.2 Å². The number of rotatable bonds is 2. The summed E-state index contributed by atoms with van der Waals surface area (Å²) in [6, 6.07) is 4.09. The summed E-state index contributed by atoms with van der Waals surface area (Å²) in [4.78, 5) is 11.9. The molecular weight excluding hydrogens is 214 g/mol. The van der Waals surface area contributed by atoms with E-state index in [1.807, 2.05) is 25.3 Å². The van der Waals surface area contributed by atoms with E-state index >= 15 is 0 Å². The molecule has 1 N–H and O–H groups in total. The molecule has 1 aromatic carbocycles. The monoisotopic (exact) mass is 227 g/mol. The Kier molecular flexibility index (Phi) is 2.21. The molecule has 0 aliphatic heterocycles. The minimum absolute atomic E-state index is 0.843. The average Bonchev–Trinajstić information content (AvgIpc) is 2.98. The van der Waals surface area contributed by atoms with Gasteiger partial charge in [-0.1, -0.05) is 19.1 Å². The number of aromatic amines is 1. The first-order valence-corrected chi connectivity index (χ1v) is 5.66. The molecule has 0 atom stereocenters. The number of aryl methyl sites for hydroxylation is 2. The van der Waals surface area contributed by atoms with E-state index < -0.39 is 0 Å². The zero-order valence-corrected chi connectivity index (χ0v) is 9.82. The molecule has 0 unspecified atom stereocenters. The van der Waals surface area contributed by atoms with Crippen LogP contribution in [0.15, 0.2) is 29.1 Å². The third kappa shape index (κ3) is 1.53. The van der Waals surface area contributed by atoms with Gasteiger partial charge < -0.3 is 9.40 Å². The van der Waals surface area contributed by atoms with Crippen molar-refractivity contribution in [1.82, 2.24) is 15.0 Å². The third-order valence-electron chi connectivity index (χ3n) is 2.93. The molecule has 2 aromatic heterocycles. The van der Waals surface area contributed by atoms with Crippen molar-refractivity contribution in [3.63, 3.8) is 0 Å². The summed E-state index contributed by atoms with van der Waals surface area (Å²) >= 11 is 0. The summed E-state index contributed by atoms with van der Waals surface area (Å²) in [6.07, 6.45) is 4.23. The van der Waals surface area contributed by atoms with Crippen molar-refractivity contribution in [3.05, 3.63) is 36.1 Å². The number of aromatic nitrogens is 3. The van der Waals surface area contributed by atoms with Crippen molar-refractivity contribution in [2.45, 2.75) is 20.3 Å². The maximum atomic E-state index is 5.40. The van der Waals surface area contributed by atoms with E-state index in [1.165, 1.54) is 6.39 Å². The van der Waals surface area contributed by atoms with Gasteiger partial charge in [0.1, 0.15) is 11.3 Å². The van der Waals surface area contributed by atoms with E-state index in [4.69, 9.17) is 4.42 Å². The van der Waals surface area contributed by atoms with Gasteiger partial charge in [0.2, 0.25) is 0 Å². The molecule has 0 aliphatic carbocycles. The Morgan fingerprint density at radius 1 is 1.29 bits per heavy atom. The molecule has 2 heterocycles. The first kappa shape index (κ1) is 10.1. The van der Waals surface area contributed by atoms with Crippen LogP contribution in [0.25, 0.3) is 22.4 Å². The van der Waals surface area contributed by atoms with E-state index in [-0.39, 0.29) is 0 Å². The van der Waals surface area contributed by atoms with E-state index in [0.29, 0.717) is 0 Å². The second kappa shape index (κ2) is 3.73. The summed E-state index contributed by atoms with van der Waals surface area (Å²) < 4.78 is 5.40. The first-order valence-electron chi connectivity index (χ1n) is 5.66. The Hall–Kier alpha value is -2.10. The van der Waals surface area contributed by atoms with Crippen LogP contribution in [0, 0.1) is 6.92 Å². The van der Waals surface area contributed by atoms with Gasteiger partial charge in [-0.3, -0.25) is 0 Å². The fourth-order valence-electron chi connectivity index (χ4n) is 1.98. The van der Waals surface area contributed by atoms with Crippen LogP contribution in [0.4, 0.5) is 0 Å². The van der Waals surface area contributed by atoms with E-state index in [2.05, 4.69) is 21.9 Å². The number of fused-ring (bicyclic) bond motifs is 1. The van der Waals surface area contributed by atoms with Gasteiger partial charge in [0.15, 0.2) is 12.0 Å². The quantitative estimate of drug-likeness (QED) is 0.731. The van der Waals surface area contributed by atoms with Crippen LogP contribution in [0.2, 0.25) is 0 Å². The van der Waals surface area contributed by atoms with E-state index in [1.54, 1.807) is 0 Å². The fraction of sp³-hybridized carbons (Fsp3) is 0.231. The molecule has 4 heteroatoms. The lowest BCUT2D eigenvalue weighted by Gasteiger charge is -2.00. The molecule has 17 heavy (non-hydrogen) atoms. The number of nitrogens with one attached hydrogen (secondary N) is 1. The van der Waals surface area contributed by atoms with Crippen molar-refractivity contribution >= 4 is 11.1 Å². The highest BCUT2D eigenvalue weighted by Crippen LogP contribution is 2.28. The Morgan fingerprint density at radius 3 is 2.94 bits per heavy atom. The highest BCUT2D eigenvalue weighted by Gasteiger charge is 2.11. The SMILES string of the molecule is CCc1ncc(-c2ccc(C)c3ocnc23)[nH]1. The van der Waals surface area contributed by atoms with Gasteiger partial charge in [0.05, 0.1) is 11.9 Å². The molecule has 3 rings (SSSR count). The molecule has 0 aliphatic rings. The lowest BCUT2D eigenvalue weighted by atomic mass is 10.1. The second-order valence-corrected chi connectivity index (χ2v) is 4.06. The Balaban J connectivity index is 2.23. The van der Waals surface area contributed by atoms with Crippen molar-refractivity contribution in [1.29, 1.82) is 0 Å². The van der Waals surface area contributed by atoms with Gasteiger partial charge in [-0.25, -0.2) is 9.97 Å². The summed E-state index contributed by atoms with van der Waals surface area (Å²) in [5.74, 6) is 0.984. The molecule has 0 fully saturated rings. The topological polar surface area (TPSA) is 54.7 Å². The number of nitrogens with zero attached hydrogens (tertiary/aromatic N) is 2. The third-order valence-corrected chi connectivity index (χ3v) is 2.93. The summed E-state index contributed by atoms with van der Waals surface area (Å²) in [7, 11) is 0. The molecule has 0 radical (unpaired) electrons. The molecule has 4 nitrogen and oxygen atoms in total. The Morgan fingerprint density at radius 2 is 2.18 bits per heavy atom. The maximum Gasteiger partial charge on any atom is 0.182 e. The minimum Gasteiger partial charge on any atom is -0.443 e. The van der Waals surface area contributed by atoms with Crippen LogP contribution in [0.5, 0.6) is 0 Å². The Bertz CT molecular complexity index is 666. The number of benzene rings is 1. The van der Waals surface area contributed by atoms with Gasteiger partial charge in [-0.15, -0.1) is 0 Å². The predicted molar refractivity (Wildman–Crippen MR) is 65.7 cm³/mol. The van der Waals surface area contributed by atoms with Gasteiger partial charge in [0, 0.05) is 12.0 Å². The standard InChI is InChI=1S/C13H13N3O/c1-3-11-14-6-10(16-11)9-5-4-8(2)13-12(9)15-7-17-13/h4-7H,3H2,1-2H3,(H,14,16). The summed E-state index contributed by atoms with van der Waals surface area (Å²) in [6.45, 7) is 4.09. The van der Waals surface area contributed by atoms with Crippen molar-refractivity contribution in [3.8, 4) is 11.3 Å². The zero-order valence-electron chi connectivity index (χ0n) is 9.82. The van der Waals surface area contributed by atoms with Crippen LogP contribution in [-0.2, 0) is 6.42 Å². The van der Waals surface area contributed by atoms with E-state index in [9.17, 15) is 0 Å². The minimum atomic E-state index is 0.843. The largest absolute Gasteiger partial charge is 0.443 e. The van der Waals surface area contributed by atoms with Crippen molar-refractivity contribution in [2.24, 2.45) is 0 Å². The lowest BCUT2D eigenvalue weighted by molar-refractivity contribution is 0.600. The molecular formula is C13H13N3O. The van der Waals surface area contributed by atoms with Crippen LogP contribution >= 0.6 is 0 Å². The smallest absolute Gasteiger partial charge is 0.182 e. The molecule has 0 amide bonds. The highest BCUT2D eigenvalue weighted by molar-refractivity contribution is 5.91. The van der Waals surface area contributed by atoms with Crippen molar-refractivity contribution < 1.29 is 4.42 Å². The lowest BCUT2D eigenvalue weighted by Crippen LogP contribution is -1.85. The van der Waals surface area contributed by atoms with Gasteiger partial charge in [-0.05, 0) is 12.5 Å². The van der Waals surface area contributed by atoms with Crippen LogP contribution < -0.4 is 0 Å². The normalized spacial score (nSPS) is 11.2. The van der Waals surface area contributed by atoms with Gasteiger partial charge in [-0.2, -0.15) is 0 Å².